The smallest absolute Gasteiger partial charge is 0.309 e. The van der Waals surface area contributed by atoms with Crippen LogP contribution in [0.3, 0.4) is 0 Å². The second-order valence-electron chi connectivity index (χ2n) is 24.2. The van der Waals surface area contributed by atoms with E-state index in [0.29, 0.717) is 38.5 Å². The van der Waals surface area contributed by atoms with Gasteiger partial charge in [0.25, 0.3) is 0 Å². The van der Waals surface area contributed by atoms with Crippen LogP contribution in [-0.2, 0) is 18.5 Å². The number of fused-ring (bicyclic) bond motifs is 12. The zero-order valence-corrected chi connectivity index (χ0v) is 52.5. The highest BCUT2D eigenvalue weighted by molar-refractivity contribution is 6.16. The van der Waals surface area contributed by atoms with Crippen LogP contribution in [0.25, 0.3) is 142 Å². The summed E-state index contributed by atoms with van der Waals surface area (Å²) < 4.78 is 144. The van der Waals surface area contributed by atoms with Crippen LogP contribution in [0.2, 0.25) is 0 Å². The molecule has 16 rings (SSSR count). The summed E-state index contributed by atoms with van der Waals surface area (Å²) >= 11 is 0. The number of hydrogen-bond acceptors (Lipinski definition) is 1. The number of hydrogen-bond donors (Lipinski definition) is 0. The Morgan fingerprint density at radius 2 is 0.633 bits per heavy atom. The molecule has 16 heteroatoms. The van der Waals surface area contributed by atoms with Gasteiger partial charge >= 0.3 is 18.5 Å². The maximum atomic E-state index is 16.2. The molecular formula is C82H50F9N7. The van der Waals surface area contributed by atoms with Crippen molar-refractivity contribution in [3.8, 4) is 51.1 Å². The van der Waals surface area contributed by atoms with Gasteiger partial charge in [-0.2, -0.15) is 44.8 Å². The minimum absolute atomic E-state index is 0.146. The van der Waals surface area contributed by atoms with Crippen LogP contribution in [0.4, 0.5) is 50.9 Å². The van der Waals surface area contributed by atoms with E-state index in [1.807, 2.05) is 146 Å². The van der Waals surface area contributed by atoms with Gasteiger partial charge in [0.2, 0.25) is 0 Å². The number of aromatic nitrogens is 4. The molecule has 4 aromatic heterocycles. The first-order valence-electron chi connectivity index (χ1n) is 31.1. The van der Waals surface area contributed by atoms with E-state index in [9.17, 15) is 31.6 Å². The summed E-state index contributed by atoms with van der Waals surface area (Å²) in [5.41, 5.74) is 4.11. The number of halogens is 9. The standard InChI is InChI=1S/C41H25F6N3.C41H25F3N4/c1-23-11-8-19-32-35(23)25-13-4-6-17-30(25)49(32)34-22-21-27(37-28(40(42,43)44)15-10-16-29(37)48-3)39(38(34)41(45,46)47)50-31-18-7-5-14-26(31)36-24(2)12-9-20-33(36)50;1-24-11-8-19-35-37(24)26-13-4-6-17-32(26)47(35)34-22-21-28(39-30(41(42,43)44)15-10-16-31(39)46-3)40(29(34)23-45)48-33-18-7-5-14-27(33)38-25(2)12-9-20-36(38)48/h4-22H,1-2H3;4-22H,1-2H3. The van der Waals surface area contributed by atoms with E-state index in [4.69, 9.17) is 13.1 Å². The zero-order valence-electron chi connectivity index (χ0n) is 52.5. The van der Waals surface area contributed by atoms with Gasteiger partial charge in [-0.25, -0.2) is 9.69 Å². The molecule has 4 heterocycles. The Bertz CT molecular complexity index is 6190. The molecule has 0 atom stereocenters. The van der Waals surface area contributed by atoms with Crippen LogP contribution in [-0.4, -0.2) is 18.3 Å². The second kappa shape index (κ2) is 23.0. The SMILES string of the molecule is [C-]#[N+]c1cccc(C(F)(F)F)c1-c1ccc(-n2c3ccccc3c3c(C)cccc32)c(C#N)c1-n1c2ccccc2c2c(C)cccc21.[C-]#[N+]c1cccc(C(F)(F)F)c1-c1ccc(-n2c3ccccc3c3c(C)cccc32)c(C(F)(F)F)c1-n1c2ccccc2c2c(C)cccc21. The lowest BCUT2D eigenvalue weighted by Crippen LogP contribution is -2.17. The first-order chi connectivity index (χ1) is 47.2. The Balaban J connectivity index is 0.000000160. The molecule has 0 radical (unpaired) electrons. The van der Waals surface area contributed by atoms with E-state index in [2.05, 4.69) is 15.8 Å². The fourth-order valence-corrected chi connectivity index (χ4v) is 14.9. The molecule has 0 saturated heterocycles. The van der Waals surface area contributed by atoms with Gasteiger partial charge in [0.05, 0.1) is 91.2 Å². The molecule has 12 aromatic carbocycles. The normalized spacial score (nSPS) is 12.1. The molecule has 0 aliphatic rings. The van der Waals surface area contributed by atoms with Gasteiger partial charge in [-0.15, -0.1) is 0 Å². The van der Waals surface area contributed by atoms with Crippen molar-refractivity contribution < 1.29 is 39.5 Å². The van der Waals surface area contributed by atoms with Gasteiger partial charge in [-0.3, -0.25) is 0 Å². The third-order valence-electron chi connectivity index (χ3n) is 18.7. The Kier molecular flexibility index (Phi) is 14.5. The van der Waals surface area contributed by atoms with Crippen molar-refractivity contribution >= 4 is 98.6 Å². The maximum Gasteiger partial charge on any atom is 0.420 e. The number of benzene rings is 12. The first-order valence-corrected chi connectivity index (χ1v) is 31.1. The van der Waals surface area contributed by atoms with Crippen LogP contribution in [0.5, 0.6) is 0 Å². The van der Waals surface area contributed by atoms with Crippen molar-refractivity contribution in [2.24, 2.45) is 0 Å². The fraction of sp³-hybridized carbons (Fsp3) is 0.0854. The Labute approximate surface area is 554 Å². The average Bonchev–Trinajstić information content (AvgIpc) is 1.51. The zero-order chi connectivity index (χ0) is 68.4. The molecule has 0 spiro atoms. The van der Waals surface area contributed by atoms with E-state index < -0.39 is 52.2 Å². The predicted octanol–water partition coefficient (Wildman–Crippen LogP) is 24.4. The quantitative estimate of drug-likeness (QED) is 0.121. The lowest BCUT2D eigenvalue weighted by molar-refractivity contribution is -0.138. The lowest BCUT2D eigenvalue weighted by Gasteiger charge is -2.26. The lowest BCUT2D eigenvalue weighted by atomic mass is 9.92. The van der Waals surface area contributed by atoms with Gasteiger partial charge in [0, 0.05) is 54.2 Å². The van der Waals surface area contributed by atoms with Crippen LogP contribution in [0.15, 0.2) is 231 Å². The van der Waals surface area contributed by atoms with Crippen LogP contribution in [0.1, 0.15) is 44.5 Å². The Morgan fingerprint density at radius 1 is 0.327 bits per heavy atom. The minimum Gasteiger partial charge on any atom is -0.309 e. The van der Waals surface area contributed by atoms with Crippen molar-refractivity contribution in [3.63, 3.8) is 0 Å². The van der Waals surface area contributed by atoms with Crippen molar-refractivity contribution in [1.82, 2.24) is 18.3 Å². The van der Waals surface area contributed by atoms with E-state index in [1.54, 1.807) is 77.4 Å². The maximum absolute atomic E-state index is 16.2. The molecule has 476 valence electrons. The summed E-state index contributed by atoms with van der Waals surface area (Å²) in [6.45, 7) is 23.5. The molecule has 0 amide bonds. The Morgan fingerprint density at radius 3 is 0.990 bits per heavy atom. The number of rotatable bonds is 6. The molecule has 0 fully saturated rings. The van der Waals surface area contributed by atoms with Gasteiger partial charge in [0.15, 0.2) is 11.4 Å². The Hall–Kier alpha value is -12.3. The van der Waals surface area contributed by atoms with Crippen molar-refractivity contribution in [3.05, 3.63) is 298 Å². The van der Waals surface area contributed by atoms with Crippen LogP contribution < -0.4 is 0 Å². The summed E-state index contributed by atoms with van der Waals surface area (Å²) in [6, 6.07) is 67.3. The number of aryl methyl sites for hydroxylation is 4. The third-order valence-corrected chi connectivity index (χ3v) is 18.7. The average molecular weight is 1300 g/mol. The minimum atomic E-state index is -5.07. The molecule has 98 heavy (non-hydrogen) atoms. The number of alkyl halides is 9. The largest absolute Gasteiger partial charge is 0.420 e. The third kappa shape index (κ3) is 9.48. The molecule has 0 N–H and O–H groups in total. The summed E-state index contributed by atoms with van der Waals surface area (Å²) in [6.07, 6.45) is -14.8. The van der Waals surface area contributed by atoms with Crippen LogP contribution in [0, 0.1) is 52.2 Å². The van der Waals surface area contributed by atoms with E-state index in [-0.39, 0.29) is 39.3 Å². The number of nitrogens with zero attached hydrogens (tertiary/aromatic N) is 7. The fourth-order valence-electron chi connectivity index (χ4n) is 14.9. The van der Waals surface area contributed by atoms with Gasteiger partial charge in [-0.1, -0.05) is 170 Å². The van der Waals surface area contributed by atoms with Crippen LogP contribution >= 0.6 is 0 Å². The number of nitriles is 1. The van der Waals surface area contributed by atoms with Crippen molar-refractivity contribution in [2.45, 2.75) is 46.2 Å². The topological polar surface area (TPSA) is 52.2 Å². The highest BCUT2D eigenvalue weighted by atomic mass is 19.4. The molecule has 0 unspecified atom stereocenters. The molecule has 16 aromatic rings. The summed E-state index contributed by atoms with van der Waals surface area (Å²) in [5, 5.41) is 17.9. The highest BCUT2D eigenvalue weighted by Gasteiger charge is 2.43. The van der Waals surface area contributed by atoms with E-state index >= 15 is 13.2 Å². The predicted molar refractivity (Wildman–Crippen MR) is 372 cm³/mol. The first kappa shape index (κ1) is 61.8. The summed E-state index contributed by atoms with van der Waals surface area (Å²) in [4.78, 5) is 6.95. The molecule has 0 aliphatic heterocycles. The van der Waals surface area contributed by atoms with E-state index in [0.717, 1.165) is 94.8 Å². The molecular weight excluding hydrogens is 1250 g/mol. The van der Waals surface area contributed by atoms with Gasteiger partial charge < -0.3 is 18.3 Å². The molecule has 7 nitrogen and oxygen atoms in total. The highest BCUT2D eigenvalue weighted by Crippen LogP contribution is 2.53. The second-order valence-corrected chi connectivity index (χ2v) is 24.2. The van der Waals surface area contributed by atoms with Crippen molar-refractivity contribution in [1.29, 1.82) is 5.26 Å². The van der Waals surface area contributed by atoms with Gasteiger partial charge in [-0.05, 0) is 122 Å². The molecule has 0 bridgehead atoms. The monoisotopic (exact) mass is 1300 g/mol. The summed E-state index contributed by atoms with van der Waals surface area (Å²) in [5.74, 6) is 0. The molecule has 0 saturated carbocycles. The van der Waals surface area contributed by atoms with Gasteiger partial charge in [0.1, 0.15) is 17.2 Å². The van der Waals surface area contributed by atoms with Crippen molar-refractivity contribution in [2.75, 3.05) is 0 Å². The molecule has 0 aliphatic carbocycles. The summed E-state index contributed by atoms with van der Waals surface area (Å²) in [7, 11) is 0. The van der Waals surface area contributed by atoms with E-state index in [1.165, 1.54) is 34.9 Å². The number of para-hydroxylation sites is 4.